The first-order valence-electron chi connectivity index (χ1n) is 10.7. The van der Waals surface area contributed by atoms with Crippen molar-refractivity contribution in [3.63, 3.8) is 0 Å². The third-order valence-electron chi connectivity index (χ3n) is 6.77. The molecule has 0 aromatic carbocycles. The molecule has 0 aliphatic carbocycles. The molecule has 0 aromatic rings. The minimum absolute atomic E-state index is 0.385. The summed E-state index contributed by atoms with van der Waals surface area (Å²) in [6.45, 7) is 3.14. The molecule has 6 aliphatic rings. The third-order valence-corrected chi connectivity index (χ3v) is 6.77. The van der Waals surface area contributed by atoms with E-state index < -0.39 is 0 Å². The summed E-state index contributed by atoms with van der Waals surface area (Å²) >= 11 is 0. The highest BCUT2D eigenvalue weighted by Crippen LogP contribution is 2.45. The Labute approximate surface area is 154 Å². The molecule has 26 heavy (non-hydrogen) atoms. The SMILES string of the molecule is CCCC1OC1CC1OC1CC1OC1CC1OC1CC1OC1CC1CO1. The van der Waals surface area contributed by atoms with Gasteiger partial charge in [0.1, 0.15) is 0 Å². The summed E-state index contributed by atoms with van der Waals surface area (Å²) in [5, 5.41) is 0. The van der Waals surface area contributed by atoms with Gasteiger partial charge in [0.05, 0.1) is 73.8 Å². The first kappa shape index (κ1) is 16.7. The van der Waals surface area contributed by atoms with Crippen LogP contribution < -0.4 is 0 Å². The van der Waals surface area contributed by atoms with Gasteiger partial charge in [-0.05, 0) is 6.42 Å². The highest BCUT2D eigenvalue weighted by molar-refractivity contribution is 5.02. The van der Waals surface area contributed by atoms with E-state index in [1.54, 1.807) is 0 Å². The fourth-order valence-electron chi connectivity index (χ4n) is 4.68. The first-order valence-corrected chi connectivity index (χ1v) is 10.7. The lowest BCUT2D eigenvalue weighted by molar-refractivity contribution is 0.301. The highest BCUT2D eigenvalue weighted by Gasteiger charge is 2.55. The van der Waals surface area contributed by atoms with E-state index in [0.717, 1.165) is 38.7 Å². The van der Waals surface area contributed by atoms with E-state index in [2.05, 4.69) is 6.92 Å². The van der Waals surface area contributed by atoms with Crippen molar-refractivity contribution in [2.24, 2.45) is 0 Å². The van der Waals surface area contributed by atoms with E-state index in [4.69, 9.17) is 28.4 Å². The van der Waals surface area contributed by atoms with Gasteiger partial charge in [0, 0.05) is 32.1 Å². The summed E-state index contributed by atoms with van der Waals surface area (Å²) in [6, 6.07) is 0. The summed E-state index contributed by atoms with van der Waals surface area (Å²) in [7, 11) is 0. The Hall–Kier alpha value is -0.240. The lowest BCUT2D eigenvalue weighted by Gasteiger charge is -1.93. The van der Waals surface area contributed by atoms with Gasteiger partial charge in [-0.25, -0.2) is 0 Å². The maximum Gasteiger partial charge on any atom is 0.0868 e. The minimum Gasteiger partial charge on any atom is -0.373 e. The summed E-state index contributed by atoms with van der Waals surface area (Å²) in [4.78, 5) is 0. The third kappa shape index (κ3) is 3.96. The second kappa shape index (κ2) is 6.39. The van der Waals surface area contributed by atoms with Crippen molar-refractivity contribution in [2.75, 3.05) is 6.61 Å². The van der Waals surface area contributed by atoms with E-state index in [1.165, 1.54) is 12.8 Å². The number of hydrogen-bond acceptors (Lipinski definition) is 6. The zero-order valence-corrected chi connectivity index (χ0v) is 15.5. The van der Waals surface area contributed by atoms with Gasteiger partial charge >= 0.3 is 0 Å². The van der Waals surface area contributed by atoms with Crippen LogP contribution in [0.5, 0.6) is 0 Å². The largest absolute Gasteiger partial charge is 0.373 e. The van der Waals surface area contributed by atoms with Crippen molar-refractivity contribution in [3.8, 4) is 0 Å². The fourth-order valence-corrected chi connectivity index (χ4v) is 4.68. The molecule has 6 fully saturated rings. The van der Waals surface area contributed by atoms with Crippen molar-refractivity contribution in [1.82, 2.24) is 0 Å². The molecule has 6 rings (SSSR count). The van der Waals surface area contributed by atoms with Crippen LogP contribution >= 0.6 is 0 Å². The van der Waals surface area contributed by atoms with E-state index in [1.807, 2.05) is 0 Å². The normalized spacial score (nSPS) is 55.5. The molecule has 11 atom stereocenters. The van der Waals surface area contributed by atoms with Crippen molar-refractivity contribution in [3.05, 3.63) is 0 Å². The average Bonchev–Trinajstić information content (AvgIpc) is 3.41. The molecule has 0 spiro atoms. The Morgan fingerprint density at radius 3 is 1.27 bits per heavy atom. The summed E-state index contributed by atoms with van der Waals surface area (Å²) in [5.74, 6) is 0. The van der Waals surface area contributed by atoms with E-state index in [-0.39, 0.29) is 0 Å². The smallest absolute Gasteiger partial charge is 0.0868 e. The van der Waals surface area contributed by atoms with Gasteiger partial charge in [-0.1, -0.05) is 13.3 Å². The van der Waals surface area contributed by atoms with Gasteiger partial charge < -0.3 is 28.4 Å². The zero-order valence-electron chi connectivity index (χ0n) is 15.5. The molecule has 6 heteroatoms. The summed E-state index contributed by atoms with van der Waals surface area (Å²) in [6.07, 6.45) is 12.3. The maximum atomic E-state index is 5.86. The molecule has 6 nitrogen and oxygen atoms in total. The first-order chi connectivity index (χ1) is 12.8. The molecule has 0 amide bonds. The molecule has 11 unspecified atom stereocenters. The molecule has 0 aromatic heterocycles. The predicted molar refractivity (Wildman–Crippen MR) is 91.0 cm³/mol. The number of ether oxygens (including phenoxy) is 6. The van der Waals surface area contributed by atoms with Crippen molar-refractivity contribution < 1.29 is 28.4 Å². The van der Waals surface area contributed by atoms with Gasteiger partial charge in [0.15, 0.2) is 0 Å². The summed E-state index contributed by atoms with van der Waals surface area (Å²) in [5.41, 5.74) is 0. The minimum atomic E-state index is 0.385. The van der Waals surface area contributed by atoms with E-state index in [9.17, 15) is 0 Å². The van der Waals surface area contributed by atoms with Crippen LogP contribution in [0.15, 0.2) is 0 Å². The lowest BCUT2D eigenvalue weighted by atomic mass is 10.0. The average molecular weight is 366 g/mol. The Balaban J connectivity index is 0.833. The van der Waals surface area contributed by atoms with Crippen molar-refractivity contribution in [1.29, 1.82) is 0 Å². The predicted octanol–water partition coefficient (Wildman–Crippen LogP) is 1.97. The molecule has 6 aliphatic heterocycles. The molecular weight excluding hydrogens is 336 g/mol. The highest BCUT2D eigenvalue weighted by atomic mass is 16.6. The van der Waals surface area contributed by atoms with Crippen LogP contribution in [0.1, 0.15) is 51.9 Å². The van der Waals surface area contributed by atoms with Crippen LogP contribution in [-0.4, -0.2) is 73.8 Å². The second-order valence-corrected chi connectivity index (χ2v) is 8.99. The number of rotatable bonds is 12. The van der Waals surface area contributed by atoms with Gasteiger partial charge in [-0.15, -0.1) is 0 Å². The van der Waals surface area contributed by atoms with Crippen LogP contribution in [-0.2, 0) is 28.4 Å². The Bertz CT molecular complexity index is 538. The Kier molecular flexibility index (Phi) is 4.10. The van der Waals surface area contributed by atoms with Gasteiger partial charge in [-0.3, -0.25) is 0 Å². The molecule has 146 valence electrons. The summed E-state index contributed by atoms with van der Waals surface area (Å²) < 4.78 is 34.2. The van der Waals surface area contributed by atoms with Crippen LogP contribution in [0, 0.1) is 0 Å². The van der Waals surface area contributed by atoms with E-state index in [0.29, 0.717) is 67.1 Å². The number of hydrogen-bond donors (Lipinski definition) is 0. The van der Waals surface area contributed by atoms with Gasteiger partial charge in [0.2, 0.25) is 0 Å². The molecular formula is C20H30O6. The molecule has 0 radical (unpaired) electrons. The van der Waals surface area contributed by atoms with Crippen LogP contribution in [0.25, 0.3) is 0 Å². The molecule has 0 saturated carbocycles. The Morgan fingerprint density at radius 1 is 0.538 bits per heavy atom. The molecule has 0 bridgehead atoms. The maximum absolute atomic E-state index is 5.86. The topological polar surface area (TPSA) is 75.2 Å². The molecule has 6 saturated heterocycles. The quantitative estimate of drug-likeness (QED) is 0.492. The molecule has 0 N–H and O–H groups in total. The van der Waals surface area contributed by atoms with Crippen LogP contribution in [0.3, 0.4) is 0 Å². The second-order valence-electron chi connectivity index (χ2n) is 8.99. The van der Waals surface area contributed by atoms with E-state index >= 15 is 0 Å². The van der Waals surface area contributed by atoms with Crippen molar-refractivity contribution >= 4 is 0 Å². The fraction of sp³-hybridized carbons (Fsp3) is 1.00. The van der Waals surface area contributed by atoms with Gasteiger partial charge in [0.25, 0.3) is 0 Å². The van der Waals surface area contributed by atoms with Crippen molar-refractivity contribution in [2.45, 2.75) is 119 Å². The monoisotopic (exact) mass is 366 g/mol. The number of epoxide rings is 6. The molecule has 6 heterocycles. The Morgan fingerprint density at radius 2 is 0.885 bits per heavy atom. The standard InChI is InChI=1S/C20H30O6/c1-2-3-11-13(22-11)5-15-17(24-15)7-19-20(26-19)8-18-16(25-18)6-14-12(23-14)4-10-9-21-10/h10-20H,2-9H2,1H3. The van der Waals surface area contributed by atoms with Gasteiger partial charge in [-0.2, -0.15) is 0 Å². The lowest BCUT2D eigenvalue weighted by Crippen LogP contribution is -2.08. The van der Waals surface area contributed by atoms with Crippen LogP contribution in [0.2, 0.25) is 0 Å². The zero-order chi connectivity index (χ0) is 17.3. The van der Waals surface area contributed by atoms with Crippen LogP contribution in [0.4, 0.5) is 0 Å².